The molecule has 2 rings (SSSR count). The van der Waals surface area contributed by atoms with Crippen LogP contribution in [0.5, 0.6) is 0 Å². The van der Waals surface area contributed by atoms with Crippen LogP contribution in [0.15, 0.2) is 18.2 Å². The first-order valence-electron chi connectivity index (χ1n) is 5.43. The third-order valence-electron chi connectivity index (χ3n) is 2.90. The Hall–Kier alpha value is -0.830. The summed E-state index contributed by atoms with van der Waals surface area (Å²) in [5.41, 5.74) is 9.03. The lowest BCUT2D eigenvalue weighted by Crippen LogP contribution is -2.13. The van der Waals surface area contributed by atoms with Crippen LogP contribution in [0.3, 0.4) is 0 Å². The highest BCUT2D eigenvalue weighted by molar-refractivity contribution is 7.99. The Bertz CT molecular complexity index is 332. The van der Waals surface area contributed by atoms with E-state index in [-0.39, 0.29) is 0 Å². The zero-order chi connectivity index (χ0) is 10.7. The highest BCUT2D eigenvalue weighted by atomic mass is 32.2. The number of benzene rings is 1. The van der Waals surface area contributed by atoms with Gasteiger partial charge >= 0.3 is 0 Å². The van der Waals surface area contributed by atoms with E-state index in [4.69, 9.17) is 5.73 Å². The van der Waals surface area contributed by atoms with Crippen LogP contribution in [0.4, 0.5) is 11.4 Å². The summed E-state index contributed by atoms with van der Waals surface area (Å²) in [6, 6.07) is 6.20. The molecule has 3 N–H and O–H groups in total. The van der Waals surface area contributed by atoms with E-state index in [0.717, 1.165) is 29.4 Å². The van der Waals surface area contributed by atoms with Crippen molar-refractivity contribution in [3.05, 3.63) is 23.8 Å². The van der Waals surface area contributed by atoms with Gasteiger partial charge in [0.25, 0.3) is 0 Å². The summed E-state index contributed by atoms with van der Waals surface area (Å²) in [5.74, 6) is 3.45. The zero-order valence-corrected chi connectivity index (χ0v) is 9.94. The average Bonchev–Trinajstić information content (AvgIpc) is 2.73. The number of rotatable bonds is 3. The van der Waals surface area contributed by atoms with Crippen molar-refractivity contribution in [2.24, 2.45) is 5.92 Å². The van der Waals surface area contributed by atoms with Crippen LogP contribution in [0.25, 0.3) is 0 Å². The van der Waals surface area contributed by atoms with Gasteiger partial charge in [0.15, 0.2) is 0 Å². The number of thioether (sulfide) groups is 1. The first kappa shape index (κ1) is 10.7. The van der Waals surface area contributed by atoms with Gasteiger partial charge in [0.05, 0.1) is 0 Å². The molecule has 1 saturated heterocycles. The normalized spacial score (nSPS) is 20.5. The van der Waals surface area contributed by atoms with E-state index in [1.165, 1.54) is 17.9 Å². The standard InChI is InChI=1S/C12H18N2S/c1-9-2-3-11(6-12(9)13)14-7-10-4-5-15-8-10/h2-3,6,10,14H,4-5,7-8,13H2,1H3. The molecule has 1 aromatic rings. The van der Waals surface area contributed by atoms with Crippen molar-refractivity contribution < 1.29 is 0 Å². The van der Waals surface area contributed by atoms with Crippen molar-refractivity contribution in [2.45, 2.75) is 13.3 Å². The Labute approximate surface area is 95.6 Å². The van der Waals surface area contributed by atoms with E-state index < -0.39 is 0 Å². The van der Waals surface area contributed by atoms with Crippen molar-refractivity contribution >= 4 is 23.1 Å². The molecule has 3 heteroatoms. The largest absolute Gasteiger partial charge is 0.398 e. The predicted octanol–water partition coefficient (Wildman–Crippen LogP) is 2.74. The Kier molecular flexibility index (Phi) is 3.41. The van der Waals surface area contributed by atoms with E-state index in [9.17, 15) is 0 Å². The molecule has 82 valence electrons. The lowest BCUT2D eigenvalue weighted by molar-refractivity contribution is 0.632. The molecule has 1 aromatic carbocycles. The van der Waals surface area contributed by atoms with Crippen LogP contribution in [0, 0.1) is 12.8 Å². The van der Waals surface area contributed by atoms with Crippen molar-refractivity contribution in [2.75, 3.05) is 29.1 Å². The Balaban J connectivity index is 1.90. The van der Waals surface area contributed by atoms with Crippen molar-refractivity contribution in [3.8, 4) is 0 Å². The number of hydrogen-bond donors (Lipinski definition) is 2. The molecule has 1 aliphatic heterocycles. The van der Waals surface area contributed by atoms with Gasteiger partial charge in [-0.05, 0) is 48.5 Å². The van der Waals surface area contributed by atoms with Crippen molar-refractivity contribution in [1.29, 1.82) is 0 Å². The van der Waals surface area contributed by atoms with Crippen molar-refractivity contribution in [3.63, 3.8) is 0 Å². The van der Waals surface area contributed by atoms with Gasteiger partial charge in [-0.25, -0.2) is 0 Å². The lowest BCUT2D eigenvalue weighted by Gasteiger charge is -2.12. The van der Waals surface area contributed by atoms with Gasteiger partial charge in [-0.15, -0.1) is 0 Å². The second-order valence-corrected chi connectivity index (χ2v) is 5.33. The summed E-state index contributed by atoms with van der Waals surface area (Å²) in [5, 5.41) is 3.46. The fourth-order valence-electron chi connectivity index (χ4n) is 1.76. The number of aryl methyl sites for hydroxylation is 1. The van der Waals surface area contributed by atoms with Crippen LogP contribution < -0.4 is 11.1 Å². The second-order valence-electron chi connectivity index (χ2n) is 4.18. The molecular formula is C12H18N2S. The summed E-state index contributed by atoms with van der Waals surface area (Å²) >= 11 is 2.06. The van der Waals surface area contributed by atoms with Gasteiger partial charge in [-0.1, -0.05) is 6.07 Å². The van der Waals surface area contributed by atoms with E-state index in [0.29, 0.717) is 0 Å². The Morgan fingerprint density at radius 2 is 2.40 bits per heavy atom. The molecule has 0 bridgehead atoms. The predicted molar refractivity (Wildman–Crippen MR) is 69.5 cm³/mol. The number of anilines is 2. The van der Waals surface area contributed by atoms with Gasteiger partial charge < -0.3 is 11.1 Å². The number of nitrogen functional groups attached to an aromatic ring is 1. The minimum Gasteiger partial charge on any atom is -0.398 e. The van der Waals surface area contributed by atoms with Gasteiger partial charge in [0, 0.05) is 17.9 Å². The molecule has 15 heavy (non-hydrogen) atoms. The first-order valence-corrected chi connectivity index (χ1v) is 6.59. The highest BCUT2D eigenvalue weighted by Gasteiger charge is 2.14. The maximum atomic E-state index is 5.86. The van der Waals surface area contributed by atoms with Gasteiger partial charge in [0.1, 0.15) is 0 Å². The molecule has 0 aliphatic carbocycles. The topological polar surface area (TPSA) is 38.0 Å². The molecule has 1 heterocycles. The summed E-state index contributed by atoms with van der Waals surface area (Å²) in [6.07, 6.45) is 1.35. The van der Waals surface area contributed by atoms with E-state index in [1.54, 1.807) is 0 Å². The van der Waals surface area contributed by atoms with Gasteiger partial charge in [0.2, 0.25) is 0 Å². The third kappa shape index (κ3) is 2.81. The number of nitrogens with one attached hydrogen (secondary N) is 1. The summed E-state index contributed by atoms with van der Waals surface area (Å²) in [6.45, 7) is 3.11. The lowest BCUT2D eigenvalue weighted by atomic mass is 10.1. The van der Waals surface area contributed by atoms with Crippen LogP contribution in [-0.4, -0.2) is 18.1 Å². The molecule has 1 fully saturated rings. The molecule has 0 amide bonds. The first-order chi connectivity index (χ1) is 7.25. The fraction of sp³-hybridized carbons (Fsp3) is 0.500. The molecule has 1 unspecified atom stereocenters. The van der Waals surface area contributed by atoms with Crippen molar-refractivity contribution in [1.82, 2.24) is 0 Å². The molecule has 1 aliphatic rings. The van der Waals surface area contributed by atoms with Crippen LogP contribution in [-0.2, 0) is 0 Å². The summed E-state index contributed by atoms with van der Waals surface area (Å²) in [7, 11) is 0. The monoisotopic (exact) mass is 222 g/mol. The molecule has 0 radical (unpaired) electrons. The van der Waals surface area contributed by atoms with Gasteiger partial charge in [-0.3, -0.25) is 0 Å². The summed E-state index contributed by atoms with van der Waals surface area (Å²) < 4.78 is 0. The van der Waals surface area contributed by atoms with Crippen LogP contribution in [0.2, 0.25) is 0 Å². The molecule has 0 saturated carbocycles. The van der Waals surface area contributed by atoms with E-state index in [2.05, 4.69) is 29.2 Å². The molecule has 0 aromatic heterocycles. The Morgan fingerprint density at radius 1 is 1.53 bits per heavy atom. The minimum absolute atomic E-state index is 0.831. The van der Waals surface area contributed by atoms with Crippen LogP contribution in [0.1, 0.15) is 12.0 Å². The number of hydrogen-bond acceptors (Lipinski definition) is 3. The minimum atomic E-state index is 0.831. The smallest absolute Gasteiger partial charge is 0.0364 e. The second kappa shape index (κ2) is 4.79. The summed E-state index contributed by atoms with van der Waals surface area (Å²) in [4.78, 5) is 0. The molecule has 0 spiro atoms. The molecular weight excluding hydrogens is 204 g/mol. The molecule has 1 atom stereocenters. The maximum absolute atomic E-state index is 5.86. The van der Waals surface area contributed by atoms with Crippen LogP contribution >= 0.6 is 11.8 Å². The van der Waals surface area contributed by atoms with E-state index in [1.807, 2.05) is 13.0 Å². The fourth-order valence-corrected chi connectivity index (χ4v) is 3.04. The maximum Gasteiger partial charge on any atom is 0.0364 e. The third-order valence-corrected chi connectivity index (χ3v) is 4.13. The van der Waals surface area contributed by atoms with E-state index >= 15 is 0 Å². The zero-order valence-electron chi connectivity index (χ0n) is 9.12. The SMILES string of the molecule is Cc1ccc(NCC2CCSC2)cc1N. The number of nitrogens with two attached hydrogens (primary N) is 1. The molecule has 2 nitrogen and oxygen atoms in total. The highest BCUT2D eigenvalue weighted by Crippen LogP contribution is 2.24. The Morgan fingerprint density at radius 3 is 3.07 bits per heavy atom. The quantitative estimate of drug-likeness (QED) is 0.772. The average molecular weight is 222 g/mol. The van der Waals surface area contributed by atoms with Gasteiger partial charge in [-0.2, -0.15) is 11.8 Å².